The zero-order valence-corrected chi connectivity index (χ0v) is 19.2. The number of nitrogens with two attached hydrogens (primary N) is 1. The summed E-state index contributed by atoms with van der Waals surface area (Å²) in [6.45, 7) is 2.16. The first-order valence-corrected chi connectivity index (χ1v) is 12.1. The van der Waals surface area contributed by atoms with Gasteiger partial charge in [0.25, 0.3) is 0 Å². The van der Waals surface area contributed by atoms with Crippen molar-refractivity contribution in [1.82, 2.24) is 19.9 Å². The van der Waals surface area contributed by atoms with Crippen LogP contribution in [0.2, 0.25) is 0 Å². The molecule has 0 radical (unpaired) electrons. The van der Waals surface area contributed by atoms with E-state index in [1.807, 2.05) is 12.4 Å². The van der Waals surface area contributed by atoms with Gasteiger partial charge in [-0.05, 0) is 54.2 Å². The van der Waals surface area contributed by atoms with E-state index in [1.54, 1.807) is 0 Å². The van der Waals surface area contributed by atoms with Crippen LogP contribution in [0.4, 0.5) is 0 Å². The highest BCUT2D eigenvalue weighted by atomic mass is 15.2. The monoisotopic (exact) mass is 447 g/mol. The summed E-state index contributed by atoms with van der Waals surface area (Å²) in [5, 5.41) is 2.48. The van der Waals surface area contributed by atoms with Crippen LogP contribution < -0.4 is 5.73 Å². The SMILES string of the molecule is NCc1ccc(CN(Cc2nccc3c2[nH]c2ccccc23)[C@H]2CCCc3cccnc32)cc1. The number of benzene rings is 2. The van der Waals surface area contributed by atoms with E-state index in [2.05, 4.69) is 76.6 Å². The van der Waals surface area contributed by atoms with Crippen molar-refractivity contribution in [1.29, 1.82) is 0 Å². The maximum absolute atomic E-state index is 5.83. The van der Waals surface area contributed by atoms with Crippen LogP contribution in [0.3, 0.4) is 0 Å². The standard InChI is InChI=1S/C29H29N5/c30-17-20-10-12-21(13-11-20)18-34(27-9-3-5-22-6-4-15-32-28(22)27)19-26-29-24(14-16-31-26)23-7-1-2-8-25(23)33-29/h1-2,4,6-8,10-16,27,33H,3,5,9,17-19,30H2/t27-/m0/s1. The third-order valence-electron chi connectivity index (χ3n) is 7.11. The van der Waals surface area contributed by atoms with E-state index in [0.29, 0.717) is 6.54 Å². The van der Waals surface area contributed by atoms with E-state index in [1.165, 1.54) is 34.0 Å². The lowest BCUT2D eigenvalue weighted by Gasteiger charge is -2.35. The van der Waals surface area contributed by atoms with Gasteiger partial charge in [0.1, 0.15) is 0 Å². The van der Waals surface area contributed by atoms with Gasteiger partial charge in [0.2, 0.25) is 0 Å². The molecule has 170 valence electrons. The Hall–Kier alpha value is -3.54. The number of fused-ring (bicyclic) bond motifs is 4. The maximum atomic E-state index is 5.83. The molecule has 34 heavy (non-hydrogen) atoms. The molecule has 0 spiro atoms. The van der Waals surface area contributed by atoms with Crippen molar-refractivity contribution >= 4 is 21.8 Å². The Labute approximate surface area is 199 Å². The molecular weight excluding hydrogens is 418 g/mol. The number of H-pyrrole nitrogens is 1. The first-order chi connectivity index (χ1) is 16.8. The van der Waals surface area contributed by atoms with Crippen LogP contribution in [0.25, 0.3) is 21.8 Å². The number of pyridine rings is 2. The van der Waals surface area contributed by atoms with Gasteiger partial charge < -0.3 is 10.7 Å². The molecule has 3 N–H and O–H groups in total. The largest absolute Gasteiger partial charge is 0.353 e. The minimum Gasteiger partial charge on any atom is -0.353 e. The molecule has 5 nitrogen and oxygen atoms in total. The summed E-state index contributed by atoms with van der Waals surface area (Å²) in [4.78, 5) is 15.9. The van der Waals surface area contributed by atoms with Crippen molar-refractivity contribution in [3.8, 4) is 0 Å². The maximum Gasteiger partial charge on any atom is 0.0785 e. The average Bonchev–Trinajstić information content (AvgIpc) is 3.28. The highest BCUT2D eigenvalue weighted by Gasteiger charge is 2.28. The highest BCUT2D eigenvalue weighted by Crippen LogP contribution is 2.36. The molecule has 1 atom stereocenters. The van der Waals surface area contributed by atoms with Gasteiger partial charge in [-0.15, -0.1) is 0 Å². The molecule has 1 aliphatic carbocycles. The molecule has 0 saturated heterocycles. The smallest absolute Gasteiger partial charge is 0.0785 e. The summed E-state index contributed by atoms with van der Waals surface area (Å²) < 4.78 is 0. The minimum atomic E-state index is 0.264. The number of hydrogen-bond donors (Lipinski definition) is 2. The Morgan fingerprint density at radius 3 is 2.59 bits per heavy atom. The molecule has 0 fully saturated rings. The third-order valence-corrected chi connectivity index (χ3v) is 7.11. The van der Waals surface area contributed by atoms with Gasteiger partial charge in [-0.25, -0.2) is 0 Å². The van der Waals surface area contributed by atoms with Crippen LogP contribution in [0.15, 0.2) is 79.1 Å². The molecule has 6 rings (SSSR count). The second kappa shape index (κ2) is 9.01. The van der Waals surface area contributed by atoms with Crippen molar-refractivity contribution in [2.24, 2.45) is 5.73 Å². The van der Waals surface area contributed by atoms with Gasteiger partial charge in [0, 0.05) is 48.3 Å². The second-order valence-electron chi connectivity index (χ2n) is 9.23. The van der Waals surface area contributed by atoms with E-state index in [9.17, 15) is 0 Å². The van der Waals surface area contributed by atoms with E-state index in [4.69, 9.17) is 15.7 Å². The van der Waals surface area contributed by atoms with Crippen molar-refractivity contribution < 1.29 is 0 Å². The molecule has 2 aromatic carbocycles. The minimum absolute atomic E-state index is 0.264. The summed E-state index contributed by atoms with van der Waals surface area (Å²) in [6, 6.07) is 23.8. The summed E-state index contributed by atoms with van der Waals surface area (Å²) in [7, 11) is 0. The fourth-order valence-corrected chi connectivity index (χ4v) is 5.37. The number of aromatic nitrogens is 3. The summed E-state index contributed by atoms with van der Waals surface area (Å²) in [6.07, 6.45) is 7.26. The van der Waals surface area contributed by atoms with E-state index in [-0.39, 0.29) is 6.04 Å². The number of nitrogens with zero attached hydrogens (tertiary/aromatic N) is 3. The fourth-order valence-electron chi connectivity index (χ4n) is 5.37. The molecule has 5 aromatic rings. The lowest BCUT2D eigenvalue weighted by Crippen LogP contribution is -2.31. The molecule has 0 aliphatic heterocycles. The van der Waals surface area contributed by atoms with Crippen LogP contribution in [-0.4, -0.2) is 19.9 Å². The summed E-state index contributed by atoms with van der Waals surface area (Å²) >= 11 is 0. The predicted molar refractivity (Wildman–Crippen MR) is 137 cm³/mol. The van der Waals surface area contributed by atoms with Gasteiger partial charge in [-0.3, -0.25) is 14.9 Å². The fraction of sp³-hybridized carbons (Fsp3) is 0.241. The van der Waals surface area contributed by atoms with Gasteiger partial charge in [0.05, 0.1) is 22.9 Å². The predicted octanol–water partition coefficient (Wildman–Crippen LogP) is 5.65. The van der Waals surface area contributed by atoms with E-state index in [0.717, 1.165) is 48.2 Å². The Morgan fingerprint density at radius 1 is 0.853 bits per heavy atom. The molecule has 0 amide bonds. The Bertz CT molecular complexity index is 1440. The molecule has 1 aliphatic rings. The van der Waals surface area contributed by atoms with Crippen molar-refractivity contribution in [3.63, 3.8) is 0 Å². The average molecular weight is 448 g/mol. The van der Waals surface area contributed by atoms with Crippen molar-refractivity contribution in [2.75, 3.05) is 0 Å². The van der Waals surface area contributed by atoms with Gasteiger partial charge in [-0.2, -0.15) is 0 Å². The van der Waals surface area contributed by atoms with Crippen molar-refractivity contribution in [2.45, 2.75) is 44.9 Å². The highest BCUT2D eigenvalue weighted by molar-refractivity contribution is 6.07. The Balaban J connectivity index is 1.41. The first-order valence-electron chi connectivity index (χ1n) is 12.1. The quantitative estimate of drug-likeness (QED) is 0.353. The van der Waals surface area contributed by atoms with Crippen molar-refractivity contribution in [3.05, 3.63) is 107 Å². The first kappa shape index (κ1) is 21.0. The zero-order chi connectivity index (χ0) is 22.9. The van der Waals surface area contributed by atoms with Gasteiger partial charge >= 0.3 is 0 Å². The molecule has 3 heterocycles. The number of rotatable bonds is 6. The van der Waals surface area contributed by atoms with Crippen LogP contribution in [0.5, 0.6) is 0 Å². The van der Waals surface area contributed by atoms with Crippen LogP contribution in [0.1, 0.15) is 47.0 Å². The molecule has 5 heteroatoms. The Morgan fingerprint density at radius 2 is 1.71 bits per heavy atom. The number of aromatic amines is 1. The van der Waals surface area contributed by atoms with Crippen LogP contribution in [-0.2, 0) is 26.1 Å². The topological polar surface area (TPSA) is 70.8 Å². The Kier molecular flexibility index (Phi) is 5.57. The van der Waals surface area contributed by atoms with E-state index < -0.39 is 0 Å². The lowest BCUT2D eigenvalue weighted by atomic mass is 9.90. The molecular formula is C29H29N5. The van der Waals surface area contributed by atoms with Crippen LogP contribution in [0, 0.1) is 0 Å². The lowest BCUT2D eigenvalue weighted by molar-refractivity contribution is 0.155. The van der Waals surface area contributed by atoms with Crippen LogP contribution >= 0.6 is 0 Å². The third kappa shape index (κ3) is 3.87. The number of para-hydroxylation sites is 1. The molecule has 3 aromatic heterocycles. The number of nitrogens with one attached hydrogen (secondary N) is 1. The molecule has 0 unspecified atom stereocenters. The molecule has 0 saturated carbocycles. The van der Waals surface area contributed by atoms with E-state index >= 15 is 0 Å². The summed E-state index contributed by atoms with van der Waals surface area (Å²) in [5.41, 5.74) is 14.2. The van der Waals surface area contributed by atoms with Gasteiger partial charge in [0.15, 0.2) is 0 Å². The van der Waals surface area contributed by atoms with Gasteiger partial charge in [-0.1, -0.05) is 48.5 Å². The zero-order valence-electron chi connectivity index (χ0n) is 19.2. The number of hydrogen-bond acceptors (Lipinski definition) is 4. The normalized spacial score (nSPS) is 15.8. The summed E-state index contributed by atoms with van der Waals surface area (Å²) in [5.74, 6) is 0. The number of aryl methyl sites for hydroxylation is 1. The second-order valence-corrected chi connectivity index (χ2v) is 9.23. The molecule has 0 bridgehead atoms.